The lowest BCUT2D eigenvalue weighted by Crippen LogP contribution is -2.22. The molecule has 1 aromatic heterocycles. The van der Waals surface area contributed by atoms with Gasteiger partial charge in [0.25, 0.3) is 0 Å². The maximum Gasteiger partial charge on any atom is 0.102 e. The van der Waals surface area contributed by atoms with Crippen LogP contribution in [0.25, 0.3) is 0 Å². The van der Waals surface area contributed by atoms with Gasteiger partial charge < -0.3 is 5.32 Å². The third kappa shape index (κ3) is 3.73. The number of aromatic nitrogens is 3. The molecule has 0 amide bonds. The normalized spacial score (nSPS) is 11.6. The number of hydrogen-bond acceptors (Lipinski definition) is 4. The summed E-state index contributed by atoms with van der Waals surface area (Å²) in [5.41, 5.74) is 2.03. The van der Waals surface area contributed by atoms with Crippen LogP contribution in [0.1, 0.15) is 26.5 Å². The number of anilines is 1. The molecule has 0 aliphatic carbocycles. The lowest BCUT2D eigenvalue weighted by molar-refractivity contribution is 0.347. The predicted octanol–water partition coefficient (Wildman–Crippen LogP) is 3.37. The summed E-state index contributed by atoms with van der Waals surface area (Å²) < 4.78 is 1.89. The topological polar surface area (TPSA) is 42.7 Å². The van der Waals surface area contributed by atoms with E-state index < -0.39 is 0 Å². The zero-order valence-electron chi connectivity index (χ0n) is 11.8. The predicted molar refractivity (Wildman–Crippen MR) is 80.6 cm³/mol. The molecule has 0 saturated heterocycles. The van der Waals surface area contributed by atoms with Crippen LogP contribution in [0.15, 0.2) is 35.4 Å². The molecule has 0 radical (unpaired) electrons. The van der Waals surface area contributed by atoms with E-state index >= 15 is 0 Å². The van der Waals surface area contributed by atoms with E-state index in [1.807, 2.05) is 10.9 Å². The average Bonchev–Trinajstić information content (AvgIpc) is 2.86. The van der Waals surface area contributed by atoms with Gasteiger partial charge in [0.2, 0.25) is 0 Å². The van der Waals surface area contributed by atoms with Gasteiger partial charge in [-0.25, -0.2) is 4.68 Å². The highest BCUT2D eigenvalue weighted by molar-refractivity contribution is 7.98. The summed E-state index contributed by atoms with van der Waals surface area (Å²) in [6.07, 6.45) is 4.07. The number of thioether (sulfide) groups is 1. The molecule has 4 nitrogen and oxygen atoms in total. The SMILES string of the molecule is CSc1ccc(NCc2cn(C(C)(C)C)nn2)cc1. The first-order valence-electron chi connectivity index (χ1n) is 6.28. The second-order valence-electron chi connectivity index (χ2n) is 5.41. The lowest BCUT2D eigenvalue weighted by atomic mass is 10.1. The van der Waals surface area contributed by atoms with Gasteiger partial charge in [0.1, 0.15) is 5.69 Å². The van der Waals surface area contributed by atoms with Crippen molar-refractivity contribution in [3.63, 3.8) is 0 Å². The standard InChI is InChI=1S/C14H20N4S/c1-14(2,3)18-10-12(16-17-18)9-15-11-5-7-13(19-4)8-6-11/h5-8,10,15H,9H2,1-4H3. The number of rotatable bonds is 4. The summed E-state index contributed by atoms with van der Waals surface area (Å²) in [7, 11) is 0. The van der Waals surface area contributed by atoms with Gasteiger partial charge in [0.15, 0.2) is 0 Å². The largest absolute Gasteiger partial charge is 0.379 e. The van der Waals surface area contributed by atoms with E-state index in [0.29, 0.717) is 6.54 Å². The number of nitrogens with one attached hydrogen (secondary N) is 1. The summed E-state index contributed by atoms with van der Waals surface area (Å²) >= 11 is 1.74. The zero-order chi connectivity index (χ0) is 13.9. The molecule has 5 heteroatoms. The Balaban J connectivity index is 1.96. The first-order valence-corrected chi connectivity index (χ1v) is 7.51. The van der Waals surface area contributed by atoms with Crippen molar-refractivity contribution in [1.29, 1.82) is 0 Å². The number of hydrogen-bond donors (Lipinski definition) is 1. The number of nitrogens with zero attached hydrogens (tertiary/aromatic N) is 3. The van der Waals surface area contributed by atoms with Crippen molar-refractivity contribution >= 4 is 17.4 Å². The Morgan fingerprint density at radius 1 is 1.21 bits per heavy atom. The Morgan fingerprint density at radius 3 is 2.42 bits per heavy atom. The number of benzene rings is 1. The lowest BCUT2D eigenvalue weighted by Gasteiger charge is -2.17. The summed E-state index contributed by atoms with van der Waals surface area (Å²) in [4.78, 5) is 1.27. The van der Waals surface area contributed by atoms with Crippen molar-refractivity contribution in [2.75, 3.05) is 11.6 Å². The van der Waals surface area contributed by atoms with Crippen LogP contribution in [0.5, 0.6) is 0 Å². The fourth-order valence-corrected chi connectivity index (χ4v) is 2.02. The first-order chi connectivity index (χ1) is 8.99. The zero-order valence-corrected chi connectivity index (χ0v) is 12.7. The van der Waals surface area contributed by atoms with E-state index in [2.05, 4.69) is 66.9 Å². The molecule has 0 atom stereocenters. The van der Waals surface area contributed by atoms with E-state index in [0.717, 1.165) is 11.4 Å². The van der Waals surface area contributed by atoms with Crippen molar-refractivity contribution in [2.24, 2.45) is 0 Å². The quantitative estimate of drug-likeness (QED) is 0.870. The van der Waals surface area contributed by atoms with E-state index in [9.17, 15) is 0 Å². The van der Waals surface area contributed by atoms with Crippen molar-refractivity contribution in [3.05, 3.63) is 36.2 Å². The van der Waals surface area contributed by atoms with Crippen LogP contribution in [-0.4, -0.2) is 21.2 Å². The maximum absolute atomic E-state index is 4.18. The second-order valence-corrected chi connectivity index (χ2v) is 6.29. The van der Waals surface area contributed by atoms with Gasteiger partial charge in [-0.15, -0.1) is 16.9 Å². The van der Waals surface area contributed by atoms with Crippen LogP contribution in [0.2, 0.25) is 0 Å². The molecule has 1 N–H and O–H groups in total. The minimum absolute atomic E-state index is 0.0226. The van der Waals surface area contributed by atoms with Gasteiger partial charge in [-0.05, 0) is 51.3 Å². The molecule has 2 aromatic rings. The molecule has 2 rings (SSSR count). The molecular formula is C14H20N4S. The minimum Gasteiger partial charge on any atom is -0.379 e. The second kappa shape index (κ2) is 5.65. The molecule has 0 spiro atoms. The fourth-order valence-electron chi connectivity index (χ4n) is 1.61. The van der Waals surface area contributed by atoms with Crippen LogP contribution in [-0.2, 0) is 12.1 Å². The summed E-state index contributed by atoms with van der Waals surface area (Å²) in [5, 5.41) is 11.7. The third-order valence-electron chi connectivity index (χ3n) is 2.79. The first kappa shape index (κ1) is 13.9. The average molecular weight is 276 g/mol. The Kier molecular flexibility index (Phi) is 4.14. The van der Waals surface area contributed by atoms with E-state index in [-0.39, 0.29) is 5.54 Å². The van der Waals surface area contributed by atoms with Crippen LogP contribution >= 0.6 is 11.8 Å². The van der Waals surface area contributed by atoms with Crippen molar-refractivity contribution in [3.8, 4) is 0 Å². The molecule has 0 aliphatic heterocycles. The fraction of sp³-hybridized carbons (Fsp3) is 0.429. The third-order valence-corrected chi connectivity index (χ3v) is 3.54. The van der Waals surface area contributed by atoms with Crippen molar-refractivity contribution < 1.29 is 0 Å². The summed E-state index contributed by atoms with van der Waals surface area (Å²) in [6, 6.07) is 8.39. The Labute approximate surface area is 118 Å². The van der Waals surface area contributed by atoms with Crippen LogP contribution in [0.3, 0.4) is 0 Å². The monoisotopic (exact) mass is 276 g/mol. The Bertz CT molecular complexity index is 525. The molecule has 0 saturated carbocycles. The van der Waals surface area contributed by atoms with Gasteiger partial charge in [-0.3, -0.25) is 0 Å². The Hall–Kier alpha value is -1.49. The van der Waals surface area contributed by atoms with Crippen LogP contribution in [0, 0.1) is 0 Å². The highest BCUT2D eigenvalue weighted by atomic mass is 32.2. The van der Waals surface area contributed by atoms with E-state index in [1.54, 1.807) is 11.8 Å². The highest BCUT2D eigenvalue weighted by Gasteiger charge is 2.14. The molecule has 19 heavy (non-hydrogen) atoms. The van der Waals surface area contributed by atoms with Gasteiger partial charge in [0.05, 0.1) is 18.3 Å². The molecule has 0 aliphatic rings. The van der Waals surface area contributed by atoms with Crippen LogP contribution in [0.4, 0.5) is 5.69 Å². The van der Waals surface area contributed by atoms with E-state index in [4.69, 9.17) is 0 Å². The Morgan fingerprint density at radius 2 is 1.89 bits per heavy atom. The van der Waals surface area contributed by atoms with Gasteiger partial charge >= 0.3 is 0 Å². The maximum atomic E-state index is 4.18. The molecule has 1 aromatic carbocycles. The molecule has 102 valence electrons. The molecule has 0 fully saturated rings. The van der Waals surface area contributed by atoms with Gasteiger partial charge in [-0.2, -0.15) is 0 Å². The van der Waals surface area contributed by atoms with Crippen molar-refractivity contribution in [2.45, 2.75) is 37.8 Å². The van der Waals surface area contributed by atoms with E-state index in [1.165, 1.54) is 4.90 Å². The molecule has 0 unspecified atom stereocenters. The summed E-state index contributed by atoms with van der Waals surface area (Å²) in [5.74, 6) is 0. The minimum atomic E-state index is -0.0226. The highest BCUT2D eigenvalue weighted by Crippen LogP contribution is 2.18. The molecular weight excluding hydrogens is 256 g/mol. The molecule has 1 heterocycles. The van der Waals surface area contributed by atoms with Crippen LogP contribution < -0.4 is 5.32 Å². The van der Waals surface area contributed by atoms with Gasteiger partial charge in [0, 0.05) is 10.6 Å². The summed E-state index contributed by atoms with van der Waals surface area (Å²) in [6.45, 7) is 7.02. The van der Waals surface area contributed by atoms with Crippen molar-refractivity contribution in [1.82, 2.24) is 15.0 Å². The smallest absolute Gasteiger partial charge is 0.102 e. The van der Waals surface area contributed by atoms with Gasteiger partial charge in [-0.1, -0.05) is 5.21 Å². The molecule has 0 bridgehead atoms.